The van der Waals surface area contributed by atoms with Gasteiger partial charge in [0.15, 0.2) is 0 Å². The lowest BCUT2D eigenvalue weighted by Gasteiger charge is -2.09. The third kappa shape index (κ3) is 4.38. The van der Waals surface area contributed by atoms with E-state index in [1.54, 1.807) is 4.57 Å². The van der Waals surface area contributed by atoms with Crippen LogP contribution in [0.4, 0.5) is 0 Å². The van der Waals surface area contributed by atoms with Crippen molar-refractivity contribution in [2.24, 2.45) is 0 Å². The molecule has 0 unspecified atom stereocenters. The van der Waals surface area contributed by atoms with Gasteiger partial charge in [0.25, 0.3) is 0 Å². The predicted molar refractivity (Wildman–Crippen MR) is 96.6 cm³/mol. The van der Waals surface area contributed by atoms with Crippen molar-refractivity contribution in [3.05, 3.63) is 51.7 Å². The maximum atomic E-state index is 12.2. The van der Waals surface area contributed by atoms with Gasteiger partial charge in [0.05, 0.1) is 6.42 Å². The minimum Gasteiger partial charge on any atom is -0.356 e. The number of hydrogen-bond donors (Lipinski definition) is 1. The third-order valence-electron chi connectivity index (χ3n) is 4.70. The molecular weight excluding hydrogens is 316 g/mol. The summed E-state index contributed by atoms with van der Waals surface area (Å²) in [4.78, 5) is 24.2. The first-order valence-electron chi connectivity index (χ1n) is 9.18. The van der Waals surface area contributed by atoms with Crippen LogP contribution < -0.4 is 11.0 Å². The zero-order chi connectivity index (χ0) is 17.6. The highest BCUT2D eigenvalue weighted by atomic mass is 16.2. The van der Waals surface area contributed by atoms with Gasteiger partial charge in [-0.3, -0.25) is 9.36 Å². The van der Waals surface area contributed by atoms with Gasteiger partial charge in [-0.05, 0) is 36.8 Å². The van der Waals surface area contributed by atoms with Crippen LogP contribution in [0.15, 0.2) is 29.1 Å². The fourth-order valence-corrected chi connectivity index (χ4v) is 3.19. The summed E-state index contributed by atoms with van der Waals surface area (Å²) in [5.74, 6) is 0.913. The second-order valence-corrected chi connectivity index (χ2v) is 6.58. The first-order chi connectivity index (χ1) is 12.2. The van der Waals surface area contributed by atoms with Crippen LogP contribution in [-0.2, 0) is 37.1 Å². The number of benzene rings is 1. The summed E-state index contributed by atoms with van der Waals surface area (Å²) in [5, 5.41) is 7.33. The molecule has 0 radical (unpaired) electrons. The van der Waals surface area contributed by atoms with Crippen molar-refractivity contribution < 1.29 is 4.79 Å². The molecule has 25 heavy (non-hydrogen) atoms. The second kappa shape index (κ2) is 8.14. The minimum atomic E-state index is -0.0166. The number of nitrogens with zero attached hydrogens (tertiary/aromatic N) is 3. The van der Waals surface area contributed by atoms with Crippen molar-refractivity contribution in [2.45, 2.75) is 58.5 Å². The predicted octanol–water partition coefficient (Wildman–Crippen LogP) is 1.69. The lowest BCUT2D eigenvalue weighted by atomic mass is 10.1. The molecule has 0 atom stereocenters. The van der Waals surface area contributed by atoms with Crippen molar-refractivity contribution in [1.82, 2.24) is 19.7 Å². The van der Waals surface area contributed by atoms with Crippen LogP contribution in [0.1, 0.15) is 43.1 Å². The molecule has 1 amide bonds. The van der Waals surface area contributed by atoms with E-state index in [2.05, 4.69) is 29.5 Å². The van der Waals surface area contributed by atoms with Crippen LogP contribution in [0.2, 0.25) is 0 Å². The Morgan fingerprint density at radius 1 is 1.20 bits per heavy atom. The van der Waals surface area contributed by atoms with Crippen LogP contribution in [0.25, 0.3) is 0 Å². The van der Waals surface area contributed by atoms with Crippen molar-refractivity contribution in [1.29, 1.82) is 0 Å². The van der Waals surface area contributed by atoms with Crippen molar-refractivity contribution in [3.8, 4) is 0 Å². The van der Waals surface area contributed by atoms with Crippen molar-refractivity contribution in [3.63, 3.8) is 0 Å². The number of amides is 1. The van der Waals surface area contributed by atoms with Gasteiger partial charge in [0.2, 0.25) is 5.91 Å². The molecule has 0 spiro atoms. The Morgan fingerprint density at radius 2 is 1.96 bits per heavy atom. The Balaban J connectivity index is 1.43. The Morgan fingerprint density at radius 3 is 2.68 bits per heavy atom. The van der Waals surface area contributed by atoms with E-state index in [-0.39, 0.29) is 11.6 Å². The Hall–Kier alpha value is -2.37. The number of carbonyl (C=O) groups is 1. The molecule has 1 aromatic heterocycles. The number of aryl methyl sites for hydroxylation is 3. The molecule has 1 aromatic carbocycles. The van der Waals surface area contributed by atoms with Crippen LogP contribution in [0, 0.1) is 0 Å². The van der Waals surface area contributed by atoms with E-state index in [9.17, 15) is 9.59 Å². The highest BCUT2D eigenvalue weighted by molar-refractivity contribution is 5.78. The normalized spacial score (nSPS) is 13.5. The molecule has 0 bridgehead atoms. The zero-order valence-electron chi connectivity index (χ0n) is 14.8. The highest BCUT2D eigenvalue weighted by Crippen LogP contribution is 2.09. The smallest absolute Gasteiger partial charge is 0.345 e. The molecule has 2 aromatic rings. The topological polar surface area (TPSA) is 68.9 Å². The van der Waals surface area contributed by atoms with Crippen LogP contribution in [0.5, 0.6) is 0 Å². The molecule has 6 heteroatoms. The third-order valence-corrected chi connectivity index (χ3v) is 4.70. The Labute approximate surface area is 147 Å². The van der Waals surface area contributed by atoms with Crippen molar-refractivity contribution in [2.75, 3.05) is 6.54 Å². The maximum absolute atomic E-state index is 12.2. The van der Waals surface area contributed by atoms with Crippen LogP contribution in [-0.4, -0.2) is 26.8 Å². The minimum absolute atomic E-state index is 0.0146. The van der Waals surface area contributed by atoms with Gasteiger partial charge in [-0.25, -0.2) is 9.48 Å². The molecule has 0 saturated heterocycles. The lowest BCUT2D eigenvalue weighted by molar-refractivity contribution is -0.120. The highest BCUT2D eigenvalue weighted by Gasteiger charge is 2.16. The molecular formula is C19H26N4O2. The van der Waals surface area contributed by atoms with E-state index in [0.717, 1.165) is 43.6 Å². The zero-order valence-corrected chi connectivity index (χ0v) is 14.8. The lowest BCUT2D eigenvalue weighted by Crippen LogP contribution is -2.30. The molecule has 0 saturated carbocycles. The molecule has 0 aliphatic carbocycles. The van der Waals surface area contributed by atoms with Gasteiger partial charge in [-0.2, -0.15) is 5.10 Å². The summed E-state index contributed by atoms with van der Waals surface area (Å²) in [5.41, 5.74) is 2.28. The molecule has 1 N–H and O–H groups in total. The van der Waals surface area contributed by atoms with Crippen LogP contribution in [0.3, 0.4) is 0 Å². The SMILES string of the molecule is CCc1ccc(CC(=O)NCCCn2nc3n(c2=O)CCCC3)cc1. The van der Waals surface area contributed by atoms with Gasteiger partial charge < -0.3 is 5.32 Å². The number of fused-ring (bicyclic) bond motifs is 1. The molecule has 1 aliphatic heterocycles. The summed E-state index contributed by atoms with van der Waals surface area (Å²) in [6, 6.07) is 8.15. The number of carbonyl (C=O) groups excluding carboxylic acids is 1. The summed E-state index contributed by atoms with van der Waals surface area (Å²) in [7, 11) is 0. The first-order valence-corrected chi connectivity index (χ1v) is 9.18. The molecule has 2 heterocycles. The number of nitrogens with one attached hydrogen (secondary N) is 1. The number of hydrogen-bond acceptors (Lipinski definition) is 3. The Kier molecular flexibility index (Phi) is 5.68. The van der Waals surface area contributed by atoms with E-state index in [4.69, 9.17) is 0 Å². The maximum Gasteiger partial charge on any atom is 0.345 e. The number of aromatic nitrogens is 3. The Bertz CT molecular complexity index is 774. The van der Waals surface area contributed by atoms with Crippen LogP contribution >= 0.6 is 0 Å². The van der Waals surface area contributed by atoms with Gasteiger partial charge in [0.1, 0.15) is 5.82 Å². The summed E-state index contributed by atoms with van der Waals surface area (Å²) < 4.78 is 3.32. The average molecular weight is 342 g/mol. The summed E-state index contributed by atoms with van der Waals surface area (Å²) in [6.07, 6.45) is 5.14. The van der Waals surface area contributed by atoms with E-state index < -0.39 is 0 Å². The van der Waals surface area contributed by atoms with Gasteiger partial charge in [0, 0.05) is 26.1 Å². The summed E-state index contributed by atoms with van der Waals surface area (Å²) >= 11 is 0. The van der Waals surface area contributed by atoms with Crippen molar-refractivity contribution >= 4 is 5.91 Å². The number of rotatable bonds is 7. The van der Waals surface area contributed by atoms with Gasteiger partial charge in [-0.15, -0.1) is 0 Å². The van der Waals surface area contributed by atoms with E-state index in [0.29, 0.717) is 25.9 Å². The quantitative estimate of drug-likeness (QED) is 0.779. The fourth-order valence-electron chi connectivity index (χ4n) is 3.19. The summed E-state index contributed by atoms with van der Waals surface area (Å²) in [6.45, 7) is 4.00. The monoisotopic (exact) mass is 342 g/mol. The fraction of sp³-hybridized carbons (Fsp3) is 0.526. The largest absolute Gasteiger partial charge is 0.356 e. The molecule has 0 fully saturated rings. The average Bonchev–Trinajstić information content (AvgIpc) is 2.96. The molecule has 134 valence electrons. The van der Waals surface area contributed by atoms with E-state index in [1.807, 2.05) is 12.1 Å². The van der Waals surface area contributed by atoms with Gasteiger partial charge >= 0.3 is 5.69 Å². The standard InChI is InChI=1S/C19H26N4O2/c1-2-15-7-9-16(10-8-15)14-18(24)20-11-5-13-23-19(25)22-12-4-3-6-17(22)21-23/h7-10H,2-6,11-14H2,1H3,(H,20,24). The van der Waals surface area contributed by atoms with E-state index >= 15 is 0 Å². The second-order valence-electron chi connectivity index (χ2n) is 6.58. The molecule has 3 rings (SSSR count). The molecule has 6 nitrogen and oxygen atoms in total. The van der Waals surface area contributed by atoms with Gasteiger partial charge in [-0.1, -0.05) is 31.2 Å². The first kappa shape index (κ1) is 17.5. The molecule has 1 aliphatic rings. The van der Waals surface area contributed by atoms with E-state index in [1.165, 1.54) is 10.2 Å².